The van der Waals surface area contributed by atoms with Crippen LogP contribution in [0.1, 0.15) is 0 Å². The summed E-state index contributed by atoms with van der Waals surface area (Å²) in [4.78, 5) is 2.43. The van der Waals surface area contributed by atoms with Gasteiger partial charge in [0, 0.05) is 0 Å². The Morgan fingerprint density at radius 1 is 0.333 bits per heavy atom. The zero-order valence-electron chi connectivity index (χ0n) is 27.8. The predicted octanol–water partition coefficient (Wildman–Crippen LogP) is 13.0. The molecule has 10 rings (SSSR count). The molecule has 0 bridgehead atoms. The van der Waals surface area contributed by atoms with Crippen LogP contribution in [0.25, 0.3) is 69.0 Å². The molecular formula is C48H32N2Se. The third-order valence-corrected chi connectivity index (χ3v) is 12.4. The van der Waals surface area contributed by atoms with Gasteiger partial charge in [0.1, 0.15) is 0 Å². The van der Waals surface area contributed by atoms with Crippen molar-refractivity contribution in [1.29, 1.82) is 0 Å². The minimum absolute atomic E-state index is 0.274. The van der Waals surface area contributed by atoms with E-state index < -0.39 is 0 Å². The number of rotatable bonds is 6. The smallest absolute Gasteiger partial charge is 0.0544 e. The maximum Gasteiger partial charge on any atom is -0.0544 e. The van der Waals surface area contributed by atoms with E-state index in [0.717, 1.165) is 11.4 Å². The van der Waals surface area contributed by atoms with E-state index in [0.29, 0.717) is 0 Å². The van der Waals surface area contributed by atoms with Crippen molar-refractivity contribution in [1.82, 2.24) is 4.57 Å². The Morgan fingerprint density at radius 3 is 1.59 bits per heavy atom. The van der Waals surface area contributed by atoms with Crippen LogP contribution in [0, 0.1) is 0 Å². The van der Waals surface area contributed by atoms with Gasteiger partial charge in [-0.25, -0.2) is 0 Å². The average Bonchev–Trinajstić information content (AvgIpc) is 3.74. The first-order chi connectivity index (χ1) is 25.3. The van der Waals surface area contributed by atoms with Crippen molar-refractivity contribution in [2.24, 2.45) is 0 Å². The number of nitrogens with zero attached hydrogens (tertiary/aromatic N) is 2. The maximum atomic E-state index is 2.43. The third-order valence-electron chi connectivity index (χ3n) is 10.0. The molecule has 0 N–H and O–H groups in total. The van der Waals surface area contributed by atoms with Gasteiger partial charge in [0.25, 0.3) is 0 Å². The number of aromatic nitrogens is 1. The summed E-state index contributed by atoms with van der Waals surface area (Å²) in [7, 11) is 0. The molecule has 8 aromatic carbocycles. The first-order valence-corrected chi connectivity index (χ1v) is 19.1. The topological polar surface area (TPSA) is 8.17 Å². The molecule has 0 fully saturated rings. The summed E-state index contributed by atoms with van der Waals surface area (Å²) >= 11 is 0.274. The summed E-state index contributed by atoms with van der Waals surface area (Å²) in [6.45, 7) is 0. The summed E-state index contributed by atoms with van der Waals surface area (Å²) in [6, 6.07) is 70.8. The van der Waals surface area contributed by atoms with Crippen LogP contribution in [0.15, 0.2) is 194 Å². The molecule has 2 heterocycles. The largest absolute Gasteiger partial charge is 0.0617 e. The van der Waals surface area contributed by atoms with Gasteiger partial charge in [0.2, 0.25) is 0 Å². The van der Waals surface area contributed by atoms with Crippen molar-refractivity contribution in [3.05, 3.63) is 194 Å². The molecule has 0 aliphatic carbocycles. The van der Waals surface area contributed by atoms with Gasteiger partial charge in [0.05, 0.1) is 0 Å². The molecule has 0 spiro atoms. The number of anilines is 3. The predicted molar refractivity (Wildman–Crippen MR) is 218 cm³/mol. The van der Waals surface area contributed by atoms with Gasteiger partial charge < -0.3 is 0 Å². The summed E-state index contributed by atoms with van der Waals surface area (Å²) in [5.41, 5.74) is 11.9. The second-order valence-electron chi connectivity index (χ2n) is 13.0. The van der Waals surface area contributed by atoms with Gasteiger partial charge in [-0.05, 0) is 5.56 Å². The summed E-state index contributed by atoms with van der Waals surface area (Å²) < 4.78 is 5.27. The Balaban J connectivity index is 1.11. The van der Waals surface area contributed by atoms with Crippen LogP contribution >= 0.6 is 0 Å². The van der Waals surface area contributed by atoms with Gasteiger partial charge in [-0.15, -0.1) is 0 Å². The van der Waals surface area contributed by atoms with Crippen LogP contribution in [0.2, 0.25) is 0 Å². The Hall–Kier alpha value is -6.12. The molecule has 2 nitrogen and oxygen atoms in total. The quantitative estimate of drug-likeness (QED) is 0.156. The molecule has 0 aliphatic rings. The molecule has 0 radical (unpaired) electrons. The minimum atomic E-state index is 0.274. The fourth-order valence-corrected chi connectivity index (χ4v) is 9.93. The molecule has 51 heavy (non-hydrogen) atoms. The monoisotopic (exact) mass is 716 g/mol. The Morgan fingerprint density at radius 2 is 0.843 bits per heavy atom. The van der Waals surface area contributed by atoms with Crippen LogP contribution in [0.3, 0.4) is 0 Å². The second-order valence-corrected chi connectivity index (χ2v) is 15.3. The van der Waals surface area contributed by atoms with Gasteiger partial charge in [0.15, 0.2) is 0 Å². The zero-order chi connectivity index (χ0) is 33.7. The summed E-state index contributed by atoms with van der Waals surface area (Å²) in [6.07, 6.45) is 0. The Bertz CT molecular complexity index is 2830. The SMILES string of the molecule is c1ccc(-c2ccc(-c3ccc(N(c4ccc5c(c4)[se]c4ccccc45)c4ccc5c(c4)c4ccccc4n5-c4ccccc4)cc3)cc2)cc1. The van der Waals surface area contributed by atoms with E-state index in [9.17, 15) is 0 Å². The number of fused-ring (bicyclic) bond motifs is 6. The fraction of sp³-hybridized carbons (Fsp3) is 0. The van der Waals surface area contributed by atoms with Crippen molar-refractivity contribution < 1.29 is 0 Å². The normalized spacial score (nSPS) is 11.5. The van der Waals surface area contributed by atoms with Gasteiger partial charge in [-0.3, -0.25) is 0 Å². The van der Waals surface area contributed by atoms with Crippen LogP contribution in [-0.2, 0) is 0 Å². The van der Waals surface area contributed by atoms with Crippen molar-refractivity contribution in [2.75, 3.05) is 4.90 Å². The number of hydrogen-bond donors (Lipinski definition) is 0. The van der Waals surface area contributed by atoms with Gasteiger partial charge in [-0.2, -0.15) is 0 Å². The Kier molecular flexibility index (Phi) is 7.20. The molecule has 0 unspecified atom stereocenters. The third kappa shape index (κ3) is 5.18. The molecule has 0 amide bonds. The number of hydrogen-bond acceptors (Lipinski definition) is 1. The van der Waals surface area contributed by atoms with Crippen molar-refractivity contribution in [3.8, 4) is 27.9 Å². The number of benzene rings is 8. The van der Waals surface area contributed by atoms with E-state index in [1.165, 1.54) is 74.7 Å². The standard InChI is InChI=1S/C48H32N2Se/c1-3-11-33(12-4-1)34-19-21-35(22-20-34)36-23-25-38(26-24-36)49(40-27-29-43-42-16-8-10-18-47(42)51-48(43)32-40)39-28-30-46-44(31-39)41-15-7-9-17-45(41)50(46)37-13-5-2-6-14-37/h1-32H. The zero-order valence-corrected chi connectivity index (χ0v) is 29.5. The second kappa shape index (κ2) is 12.3. The molecule has 3 heteroatoms. The molecular weight excluding hydrogens is 684 g/mol. The van der Waals surface area contributed by atoms with Crippen molar-refractivity contribution in [2.45, 2.75) is 0 Å². The average molecular weight is 716 g/mol. The maximum absolute atomic E-state index is 2.43. The molecule has 0 saturated carbocycles. The fourth-order valence-electron chi connectivity index (χ4n) is 7.54. The molecule has 0 aliphatic heterocycles. The van der Waals surface area contributed by atoms with Crippen molar-refractivity contribution >= 4 is 72.7 Å². The first-order valence-electron chi connectivity index (χ1n) is 17.3. The molecule has 2 aromatic heterocycles. The summed E-state index contributed by atoms with van der Waals surface area (Å²) in [5, 5.41) is 5.23. The molecule has 10 aromatic rings. The molecule has 240 valence electrons. The van der Waals surface area contributed by atoms with E-state index in [4.69, 9.17) is 0 Å². The van der Waals surface area contributed by atoms with Crippen LogP contribution in [0.4, 0.5) is 17.1 Å². The number of para-hydroxylation sites is 2. The van der Waals surface area contributed by atoms with Crippen molar-refractivity contribution in [3.63, 3.8) is 0 Å². The van der Waals surface area contributed by atoms with Crippen LogP contribution in [-0.4, -0.2) is 19.1 Å². The first kappa shape index (κ1) is 29.8. The van der Waals surface area contributed by atoms with Crippen LogP contribution < -0.4 is 4.90 Å². The van der Waals surface area contributed by atoms with E-state index in [2.05, 4.69) is 204 Å². The van der Waals surface area contributed by atoms with E-state index >= 15 is 0 Å². The van der Waals surface area contributed by atoms with Gasteiger partial charge in [-0.1, -0.05) is 36.4 Å². The van der Waals surface area contributed by atoms with E-state index in [1.54, 1.807) is 0 Å². The Labute approximate surface area is 302 Å². The summed E-state index contributed by atoms with van der Waals surface area (Å²) in [5.74, 6) is 0. The molecule has 0 atom stereocenters. The van der Waals surface area contributed by atoms with E-state index in [1.807, 2.05) is 0 Å². The molecule has 0 saturated heterocycles. The van der Waals surface area contributed by atoms with E-state index in [-0.39, 0.29) is 14.5 Å². The van der Waals surface area contributed by atoms with Gasteiger partial charge >= 0.3 is 262 Å². The minimum Gasteiger partial charge on any atom is -0.0617 e. The van der Waals surface area contributed by atoms with Crippen LogP contribution in [0.5, 0.6) is 0 Å².